The molecule has 154 valence electrons. The monoisotopic (exact) mass is 408 g/mol. The van der Waals surface area contributed by atoms with Crippen molar-refractivity contribution in [3.8, 4) is 0 Å². The molecule has 0 aliphatic heterocycles. The van der Waals surface area contributed by atoms with Gasteiger partial charge in [-0.3, -0.25) is 24.5 Å². The van der Waals surface area contributed by atoms with Gasteiger partial charge in [-0.2, -0.15) is 5.10 Å². The van der Waals surface area contributed by atoms with Crippen molar-refractivity contribution in [3.05, 3.63) is 87.1 Å². The average Bonchev–Trinajstić information content (AvgIpc) is 3.02. The molecule has 2 aromatic heterocycles. The van der Waals surface area contributed by atoms with Gasteiger partial charge in [0.25, 0.3) is 11.5 Å². The van der Waals surface area contributed by atoms with Crippen molar-refractivity contribution in [1.29, 1.82) is 0 Å². The number of carbonyl (C=O) groups is 3. The summed E-state index contributed by atoms with van der Waals surface area (Å²) in [5, 5.41) is 3.79. The molecule has 0 radical (unpaired) electrons. The zero-order chi connectivity index (χ0) is 21.8. The van der Waals surface area contributed by atoms with Crippen LogP contribution in [0.3, 0.4) is 0 Å². The summed E-state index contributed by atoms with van der Waals surface area (Å²) in [6, 6.07) is 12.7. The first-order valence-corrected chi connectivity index (χ1v) is 9.08. The number of amides is 1. The fourth-order valence-electron chi connectivity index (χ4n) is 2.87. The predicted molar refractivity (Wildman–Crippen MR) is 108 cm³/mol. The van der Waals surface area contributed by atoms with Gasteiger partial charge in [0.15, 0.2) is 12.3 Å². The number of nitrogens with one attached hydrogen (secondary N) is 1. The molecule has 0 fully saturated rings. The quantitative estimate of drug-likeness (QED) is 0.490. The number of benzene rings is 1. The van der Waals surface area contributed by atoms with Crippen LogP contribution in [0, 0.1) is 13.8 Å². The molecule has 0 spiro atoms. The first-order valence-electron chi connectivity index (χ1n) is 9.08. The number of aromatic nitrogens is 3. The third-order valence-electron chi connectivity index (χ3n) is 4.48. The summed E-state index contributed by atoms with van der Waals surface area (Å²) in [4.78, 5) is 48.4. The van der Waals surface area contributed by atoms with Crippen LogP contribution < -0.4 is 11.0 Å². The fraction of sp³-hybridized carbons (Fsp3) is 0.190. The van der Waals surface area contributed by atoms with Gasteiger partial charge < -0.3 is 4.74 Å². The maximum atomic E-state index is 12.6. The Kier molecular flexibility index (Phi) is 5.91. The second-order valence-corrected chi connectivity index (χ2v) is 6.61. The Labute approximate surface area is 171 Å². The smallest absolute Gasteiger partial charge is 0.359 e. The molecule has 2 heterocycles. The lowest BCUT2D eigenvalue weighted by molar-refractivity contribution is 0.0466. The molecule has 1 aromatic carbocycles. The summed E-state index contributed by atoms with van der Waals surface area (Å²) in [6.45, 7) is 2.93. The molecule has 9 heteroatoms. The van der Waals surface area contributed by atoms with Crippen molar-refractivity contribution in [3.63, 3.8) is 0 Å². The van der Waals surface area contributed by atoms with E-state index in [0.717, 1.165) is 4.68 Å². The van der Waals surface area contributed by atoms with Gasteiger partial charge in [-0.1, -0.05) is 18.2 Å². The number of aryl methyl sites for hydroxylation is 2. The van der Waals surface area contributed by atoms with E-state index < -0.39 is 18.4 Å². The van der Waals surface area contributed by atoms with Crippen molar-refractivity contribution < 1.29 is 19.1 Å². The number of hydrogen-bond acceptors (Lipinski definition) is 6. The van der Waals surface area contributed by atoms with Crippen molar-refractivity contribution >= 4 is 17.7 Å². The lowest BCUT2D eigenvalue weighted by atomic mass is 10.1. The second-order valence-electron chi connectivity index (χ2n) is 6.61. The van der Waals surface area contributed by atoms with Gasteiger partial charge in [0.1, 0.15) is 0 Å². The largest absolute Gasteiger partial charge is 0.453 e. The van der Waals surface area contributed by atoms with E-state index in [0.29, 0.717) is 22.5 Å². The van der Waals surface area contributed by atoms with Crippen LogP contribution in [0.2, 0.25) is 0 Å². The van der Waals surface area contributed by atoms with Gasteiger partial charge in [0, 0.05) is 35.6 Å². The van der Waals surface area contributed by atoms with Gasteiger partial charge >= 0.3 is 5.97 Å². The molecule has 9 nitrogen and oxygen atoms in total. The van der Waals surface area contributed by atoms with E-state index >= 15 is 0 Å². The Morgan fingerprint density at radius 3 is 2.43 bits per heavy atom. The summed E-state index contributed by atoms with van der Waals surface area (Å²) in [5.41, 5.74) is 4.26. The highest BCUT2D eigenvalue weighted by atomic mass is 16.5. The summed E-state index contributed by atoms with van der Waals surface area (Å²) in [6.07, 6.45) is 0. The van der Waals surface area contributed by atoms with Gasteiger partial charge in [0.2, 0.25) is 5.78 Å². The second kappa shape index (κ2) is 8.56. The first kappa shape index (κ1) is 20.7. The number of rotatable bonds is 6. The SMILES string of the molecule is Cc1cc(C(=O)COC(=O)c2ccc(=O)n(C)n2)c(C)n1NC(=O)c1ccccc1. The number of nitrogens with zero attached hydrogens (tertiary/aromatic N) is 3. The molecule has 30 heavy (non-hydrogen) atoms. The number of carbonyl (C=O) groups excluding carboxylic acids is 3. The van der Waals surface area contributed by atoms with Crippen LogP contribution in [0.1, 0.15) is 42.6 Å². The van der Waals surface area contributed by atoms with Crippen LogP contribution in [0.4, 0.5) is 0 Å². The van der Waals surface area contributed by atoms with E-state index in [1.165, 1.54) is 23.9 Å². The molecular formula is C21H20N4O5. The van der Waals surface area contributed by atoms with Crippen LogP contribution in [-0.4, -0.2) is 38.7 Å². The Bertz CT molecular complexity index is 1180. The zero-order valence-electron chi connectivity index (χ0n) is 16.7. The summed E-state index contributed by atoms with van der Waals surface area (Å²) < 4.78 is 7.54. The predicted octanol–water partition coefficient (Wildman–Crippen LogP) is 1.62. The van der Waals surface area contributed by atoms with Crippen molar-refractivity contribution in [1.82, 2.24) is 14.5 Å². The number of hydrogen-bond donors (Lipinski definition) is 1. The van der Waals surface area contributed by atoms with E-state index in [9.17, 15) is 19.2 Å². The molecule has 3 rings (SSSR count). The molecule has 0 saturated heterocycles. The van der Waals surface area contributed by atoms with Crippen LogP contribution >= 0.6 is 0 Å². The number of ketones is 1. The van der Waals surface area contributed by atoms with Crippen molar-refractivity contribution in [2.45, 2.75) is 13.8 Å². The minimum Gasteiger partial charge on any atom is -0.453 e. The van der Waals surface area contributed by atoms with Gasteiger partial charge in [-0.25, -0.2) is 9.48 Å². The average molecular weight is 408 g/mol. The Morgan fingerprint density at radius 2 is 1.77 bits per heavy atom. The minimum absolute atomic E-state index is 0.0782. The molecule has 0 saturated carbocycles. The van der Waals surface area contributed by atoms with Crippen LogP contribution in [0.5, 0.6) is 0 Å². The maximum absolute atomic E-state index is 12.6. The first-order chi connectivity index (χ1) is 14.3. The molecule has 3 aromatic rings. The summed E-state index contributed by atoms with van der Waals surface area (Å²) in [5.74, 6) is -1.56. The normalized spacial score (nSPS) is 10.5. The number of esters is 1. The highest BCUT2D eigenvalue weighted by Crippen LogP contribution is 2.15. The molecule has 0 aliphatic carbocycles. The lowest BCUT2D eigenvalue weighted by Crippen LogP contribution is -2.25. The molecule has 1 amide bonds. The Hall–Kier alpha value is -4.01. The standard InChI is InChI=1S/C21H20N4O5/c1-13-11-16(14(2)25(13)23-20(28)15-7-5-4-6-8-15)18(26)12-30-21(29)17-9-10-19(27)24(3)22-17/h4-11H,12H2,1-3H3,(H,23,28). The molecule has 1 N–H and O–H groups in total. The van der Waals surface area contributed by atoms with E-state index in [1.807, 2.05) is 6.07 Å². The van der Waals surface area contributed by atoms with E-state index in [2.05, 4.69) is 10.5 Å². The highest BCUT2D eigenvalue weighted by Gasteiger charge is 2.20. The maximum Gasteiger partial charge on any atom is 0.359 e. The fourth-order valence-corrected chi connectivity index (χ4v) is 2.87. The van der Waals surface area contributed by atoms with Crippen LogP contribution in [0.15, 0.2) is 53.3 Å². The molecule has 0 unspecified atom stereocenters. The summed E-state index contributed by atoms with van der Waals surface area (Å²) >= 11 is 0. The molecule has 0 atom stereocenters. The van der Waals surface area contributed by atoms with Gasteiger partial charge in [0.05, 0.1) is 0 Å². The molecule has 0 aliphatic rings. The third kappa shape index (κ3) is 4.35. The van der Waals surface area contributed by atoms with E-state index in [-0.39, 0.29) is 17.2 Å². The van der Waals surface area contributed by atoms with Gasteiger partial charge in [-0.15, -0.1) is 0 Å². The Morgan fingerprint density at radius 1 is 1.07 bits per heavy atom. The summed E-state index contributed by atoms with van der Waals surface area (Å²) in [7, 11) is 1.41. The van der Waals surface area contributed by atoms with Crippen molar-refractivity contribution in [2.24, 2.45) is 7.05 Å². The number of ether oxygens (including phenoxy) is 1. The third-order valence-corrected chi connectivity index (χ3v) is 4.48. The van der Waals surface area contributed by atoms with Crippen LogP contribution in [0.25, 0.3) is 0 Å². The van der Waals surface area contributed by atoms with Crippen molar-refractivity contribution in [2.75, 3.05) is 12.0 Å². The van der Waals surface area contributed by atoms with Gasteiger partial charge in [-0.05, 0) is 38.1 Å². The highest BCUT2D eigenvalue weighted by molar-refractivity contribution is 6.02. The topological polar surface area (TPSA) is 112 Å². The minimum atomic E-state index is -0.815. The lowest BCUT2D eigenvalue weighted by Gasteiger charge is -2.11. The van der Waals surface area contributed by atoms with E-state index in [4.69, 9.17) is 4.74 Å². The van der Waals surface area contributed by atoms with Crippen LogP contribution in [-0.2, 0) is 11.8 Å². The Balaban J connectivity index is 1.70. The number of Topliss-reactive ketones (excluding diaryl/α,β-unsaturated/α-hetero) is 1. The zero-order valence-corrected chi connectivity index (χ0v) is 16.7. The molecular weight excluding hydrogens is 388 g/mol. The molecule has 0 bridgehead atoms. The van der Waals surface area contributed by atoms with E-state index in [1.54, 1.807) is 44.2 Å².